The standard InChI is InChI=1S/C33H37N9O2/c1-39-14-16-40(17-15-39)26-6-4-24(5-7-26)33(44)38-29-21-41(19-23-2-8-28(43)9-3-23)32-30(29)31(35-22-36-32)25-18-37-42(20-25)27-10-12-34-13-11-27/h2-9,18,20-22,27,34,43H,10-17,19H2,1H3,(H,38,44). The molecule has 1 amide bonds. The van der Waals surface area contributed by atoms with E-state index in [1.807, 2.05) is 58.0 Å². The molecule has 2 saturated heterocycles. The molecule has 226 valence electrons. The third-order valence-corrected chi connectivity index (χ3v) is 8.75. The van der Waals surface area contributed by atoms with Gasteiger partial charge in [0.1, 0.15) is 17.7 Å². The van der Waals surface area contributed by atoms with Crippen molar-refractivity contribution in [1.82, 2.24) is 34.5 Å². The molecule has 44 heavy (non-hydrogen) atoms. The molecule has 2 aliphatic rings. The minimum Gasteiger partial charge on any atom is -0.508 e. The molecule has 11 nitrogen and oxygen atoms in total. The van der Waals surface area contributed by atoms with Crippen molar-refractivity contribution in [3.8, 4) is 17.0 Å². The summed E-state index contributed by atoms with van der Waals surface area (Å²) >= 11 is 0. The molecule has 2 fully saturated rings. The van der Waals surface area contributed by atoms with Gasteiger partial charge in [0, 0.05) is 61.9 Å². The number of rotatable bonds is 7. The zero-order chi connectivity index (χ0) is 30.0. The Kier molecular flexibility index (Phi) is 7.71. The molecule has 0 saturated carbocycles. The first-order chi connectivity index (χ1) is 21.5. The van der Waals surface area contributed by atoms with Gasteiger partial charge in [0.15, 0.2) is 0 Å². The number of anilines is 2. The van der Waals surface area contributed by atoms with E-state index in [0.717, 1.165) is 80.0 Å². The summed E-state index contributed by atoms with van der Waals surface area (Å²) in [5.74, 6) is 0.0203. The van der Waals surface area contributed by atoms with Gasteiger partial charge in [-0.3, -0.25) is 9.48 Å². The summed E-state index contributed by atoms with van der Waals surface area (Å²) in [7, 11) is 2.14. The molecule has 0 atom stereocenters. The van der Waals surface area contributed by atoms with Gasteiger partial charge in [-0.05, 0) is 74.9 Å². The van der Waals surface area contributed by atoms with Crippen LogP contribution in [0.4, 0.5) is 11.4 Å². The van der Waals surface area contributed by atoms with Crippen LogP contribution in [0.25, 0.3) is 22.3 Å². The number of aromatic nitrogens is 5. The lowest BCUT2D eigenvalue weighted by atomic mass is 10.1. The Morgan fingerprint density at radius 2 is 1.73 bits per heavy atom. The second-order valence-corrected chi connectivity index (χ2v) is 11.7. The molecule has 11 heteroatoms. The van der Waals surface area contributed by atoms with E-state index in [9.17, 15) is 9.90 Å². The highest BCUT2D eigenvalue weighted by Crippen LogP contribution is 2.34. The molecule has 0 spiro atoms. The number of aromatic hydroxyl groups is 1. The van der Waals surface area contributed by atoms with Crippen LogP contribution in [0.2, 0.25) is 0 Å². The summed E-state index contributed by atoms with van der Waals surface area (Å²) in [5.41, 5.74) is 5.65. The van der Waals surface area contributed by atoms with Crippen molar-refractivity contribution in [1.29, 1.82) is 0 Å². The summed E-state index contributed by atoms with van der Waals surface area (Å²) in [6.07, 6.45) is 9.44. The number of nitrogens with one attached hydrogen (secondary N) is 2. The van der Waals surface area contributed by atoms with E-state index in [2.05, 4.69) is 38.7 Å². The lowest BCUT2D eigenvalue weighted by Gasteiger charge is -2.34. The Balaban J connectivity index is 1.22. The number of hydrogen-bond donors (Lipinski definition) is 3. The molecular weight excluding hydrogens is 554 g/mol. The highest BCUT2D eigenvalue weighted by molar-refractivity contribution is 6.11. The molecule has 0 radical (unpaired) electrons. The van der Waals surface area contributed by atoms with Gasteiger partial charge in [0.2, 0.25) is 0 Å². The minimum absolute atomic E-state index is 0.196. The zero-order valence-electron chi connectivity index (χ0n) is 24.9. The van der Waals surface area contributed by atoms with Gasteiger partial charge in [0.05, 0.1) is 29.0 Å². The van der Waals surface area contributed by atoms with Gasteiger partial charge in [-0.15, -0.1) is 0 Å². The highest BCUT2D eigenvalue weighted by Gasteiger charge is 2.22. The predicted octanol–water partition coefficient (Wildman–Crippen LogP) is 3.98. The molecule has 2 aromatic carbocycles. The SMILES string of the molecule is CN1CCN(c2ccc(C(=O)Nc3cn(Cc4ccc(O)cc4)c4ncnc(-c5cnn(C6CCNCC6)c5)c34)cc2)CC1. The molecule has 0 unspecified atom stereocenters. The number of amides is 1. The van der Waals surface area contributed by atoms with E-state index in [-0.39, 0.29) is 11.7 Å². The molecule has 0 bridgehead atoms. The summed E-state index contributed by atoms with van der Waals surface area (Å²) < 4.78 is 4.05. The first-order valence-corrected chi connectivity index (χ1v) is 15.2. The molecule has 7 rings (SSSR count). The average Bonchev–Trinajstić information content (AvgIpc) is 3.69. The number of likely N-dealkylation sites (N-methyl/N-ethyl adjacent to an activating group) is 1. The van der Waals surface area contributed by atoms with E-state index in [0.29, 0.717) is 29.5 Å². The van der Waals surface area contributed by atoms with Crippen LogP contribution in [0.3, 0.4) is 0 Å². The second kappa shape index (κ2) is 12.1. The monoisotopic (exact) mass is 591 g/mol. The maximum absolute atomic E-state index is 13.6. The first-order valence-electron chi connectivity index (χ1n) is 15.2. The predicted molar refractivity (Wildman–Crippen MR) is 171 cm³/mol. The molecule has 2 aliphatic heterocycles. The fourth-order valence-corrected chi connectivity index (χ4v) is 6.17. The first kappa shape index (κ1) is 28.1. The Morgan fingerprint density at radius 3 is 2.48 bits per heavy atom. The van der Waals surface area contributed by atoms with Gasteiger partial charge in [-0.25, -0.2) is 9.97 Å². The summed E-state index contributed by atoms with van der Waals surface area (Å²) in [5, 5.41) is 21.8. The van der Waals surface area contributed by atoms with Crippen molar-refractivity contribution in [3.05, 3.63) is 84.6 Å². The largest absolute Gasteiger partial charge is 0.508 e. The van der Waals surface area contributed by atoms with E-state index in [1.165, 1.54) is 0 Å². The van der Waals surface area contributed by atoms with Gasteiger partial charge in [0.25, 0.3) is 5.91 Å². The van der Waals surface area contributed by atoms with Gasteiger partial charge in [-0.2, -0.15) is 5.10 Å². The highest BCUT2D eigenvalue weighted by atomic mass is 16.3. The molecule has 5 heterocycles. The van der Waals surface area contributed by atoms with Crippen LogP contribution in [0, 0.1) is 0 Å². The van der Waals surface area contributed by atoms with E-state index in [1.54, 1.807) is 18.5 Å². The Hall–Kier alpha value is -4.74. The van der Waals surface area contributed by atoms with Gasteiger partial charge >= 0.3 is 0 Å². The van der Waals surface area contributed by atoms with E-state index in [4.69, 9.17) is 10.1 Å². The number of nitrogens with zero attached hydrogens (tertiary/aromatic N) is 7. The molecule has 3 N–H and O–H groups in total. The zero-order valence-corrected chi connectivity index (χ0v) is 24.9. The van der Waals surface area contributed by atoms with Crippen molar-refractivity contribution in [2.45, 2.75) is 25.4 Å². The summed E-state index contributed by atoms with van der Waals surface area (Å²) in [6, 6.07) is 15.3. The Labute approximate surface area is 256 Å². The Morgan fingerprint density at radius 1 is 0.977 bits per heavy atom. The maximum Gasteiger partial charge on any atom is 0.255 e. The maximum atomic E-state index is 13.6. The number of piperazine rings is 1. The van der Waals surface area contributed by atoms with Crippen molar-refractivity contribution in [3.63, 3.8) is 0 Å². The fourth-order valence-electron chi connectivity index (χ4n) is 6.17. The number of carbonyl (C=O) groups is 1. The van der Waals surface area contributed by atoms with Crippen LogP contribution in [-0.2, 0) is 6.54 Å². The number of phenols is 1. The molecular formula is C33H37N9O2. The average molecular weight is 592 g/mol. The second-order valence-electron chi connectivity index (χ2n) is 11.7. The number of benzene rings is 2. The van der Waals surface area contributed by atoms with Crippen LogP contribution >= 0.6 is 0 Å². The van der Waals surface area contributed by atoms with Crippen molar-refractivity contribution in [2.24, 2.45) is 0 Å². The Bertz CT molecular complexity index is 1750. The van der Waals surface area contributed by atoms with E-state index >= 15 is 0 Å². The van der Waals surface area contributed by atoms with Gasteiger partial charge in [-0.1, -0.05) is 12.1 Å². The number of hydrogen-bond acceptors (Lipinski definition) is 8. The normalized spacial score (nSPS) is 16.4. The lowest BCUT2D eigenvalue weighted by molar-refractivity contribution is 0.102. The summed E-state index contributed by atoms with van der Waals surface area (Å²) in [4.78, 5) is 27.6. The molecule has 5 aromatic rings. The molecule has 0 aliphatic carbocycles. The summed E-state index contributed by atoms with van der Waals surface area (Å²) in [6.45, 7) is 6.46. The number of carbonyl (C=O) groups excluding carboxylic acids is 1. The van der Waals surface area contributed by atoms with Crippen LogP contribution in [0.15, 0.2) is 73.4 Å². The minimum atomic E-state index is -0.196. The van der Waals surface area contributed by atoms with Crippen molar-refractivity contribution < 1.29 is 9.90 Å². The quantitative estimate of drug-likeness (QED) is 0.260. The van der Waals surface area contributed by atoms with Crippen LogP contribution in [0.1, 0.15) is 34.8 Å². The van der Waals surface area contributed by atoms with Crippen LogP contribution < -0.4 is 15.5 Å². The number of phenolic OH excluding ortho intramolecular Hbond substituents is 1. The number of fused-ring (bicyclic) bond motifs is 1. The molecule has 3 aromatic heterocycles. The van der Waals surface area contributed by atoms with Crippen molar-refractivity contribution >= 4 is 28.3 Å². The van der Waals surface area contributed by atoms with E-state index < -0.39 is 0 Å². The lowest BCUT2D eigenvalue weighted by Crippen LogP contribution is -2.44. The van der Waals surface area contributed by atoms with Crippen molar-refractivity contribution in [2.75, 3.05) is 56.5 Å². The van der Waals surface area contributed by atoms with Crippen LogP contribution in [0.5, 0.6) is 5.75 Å². The fraction of sp³-hybridized carbons (Fsp3) is 0.333. The third kappa shape index (κ3) is 5.76. The topological polar surface area (TPSA) is 116 Å². The van der Waals surface area contributed by atoms with Gasteiger partial charge < -0.3 is 30.1 Å². The smallest absolute Gasteiger partial charge is 0.255 e. The third-order valence-electron chi connectivity index (χ3n) is 8.75. The number of piperidine rings is 1. The van der Waals surface area contributed by atoms with Crippen LogP contribution in [-0.4, -0.2) is 86.5 Å².